The summed E-state index contributed by atoms with van der Waals surface area (Å²) in [6.45, 7) is 0. The van der Waals surface area contributed by atoms with Crippen LogP contribution in [0.3, 0.4) is 0 Å². The van der Waals surface area contributed by atoms with Gasteiger partial charge in [-0.15, -0.1) is 10.2 Å². The molecule has 14 heteroatoms. The lowest BCUT2D eigenvalue weighted by Gasteiger charge is -2.38. The number of carbonyl (C=O) groups excluding carboxylic acids is 2. The van der Waals surface area contributed by atoms with E-state index in [1.54, 1.807) is 48.4 Å². The quantitative estimate of drug-likeness (QED) is 0.285. The Kier molecular flexibility index (Phi) is 8.93. The third-order valence-corrected chi connectivity index (χ3v) is 9.68. The SMILES string of the molecule is COc1ccc(NC(=O)CSc2nnc(N3C(N)=C(C#N)C(c4cccc(Cl)c4Cl)C4=C3CCCC4=O)s2)c(OC)c1. The van der Waals surface area contributed by atoms with Crippen molar-refractivity contribution in [3.05, 3.63) is 74.7 Å². The third-order valence-electron chi connectivity index (χ3n) is 6.80. The molecule has 3 N–H and O–H groups in total. The van der Waals surface area contributed by atoms with Crippen LogP contribution in [0.25, 0.3) is 0 Å². The number of rotatable bonds is 8. The highest BCUT2D eigenvalue weighted by molar-refractivity contribution is 8.01. The Morgan fingerprint density at radius 3 is 2.79 bits per heavy atom. The Hall–Kier alpha value is -3.76. The van der Waals surface area contributed by atoms with Crippen LogP contribution in [0.4, 0.5) is 10.8 Å². The van der Waals surface area contributed by atoms with Gasteiger partial charge in [-0.25, -0.2) is 0 Å². The number of ketones is 1. The summed E-state index contributed by atoms with van der Waals surface area (Å²) < 4.78 is 11.0. The highest BCUT2D eigenvalue weighted by Crippen LogP contribution is 2.49. The molecule has 10 nitrogen and oxygen atoms in total. The van der Waals surface area contributed by atoms with Crippen molar-refractivity contribution < 1.29 is 19.1 Å². The number of amides is 1. The molecule has 1 aliphatic carbocycles. The first-order chi connectivity index (χ1) is 20.3. The van der Waals surface area contributed by atoms with Crippen molar-refractivity contribution in [2.24, 2.45) is 5.73 Å². The Morgan fingerprint density at radius 1 is 1.24 bits per heavy atom. The van der Waals surface area contributed by atoms with Crippen LogP contribution in [0, 0.1) is 11.3 Å². The van der Waals surface area contributed by atoms with Gasteiger partial charge in [0, 0.05) is 23.8 Å². The fraction of sp³-hybridized carbons (Fsp3) is 0.250. The number of aromatic nitrogens is 2. The molecule has 0 bridgehead atoms. The molecular formula is C28H24Cl2N6O4S2. The minimum absolute atomic E-state index is 0.0559. The van der Waals surface area contributed by atoms with E-state index in [0.717, 1.165) is 0 Å². The summed E-state index contributed by atoms with van der Waals surface area (Å²) in [7, 11) is 3.05. The van der Waals surface area contributed by atoms with Crippen molar-refractivity contribution >= 4 is 68.8 Å². The van der Waals surface area contributed by atoms with Gasteiger partial charge in [-0.1, -0.05) is 58.4 Å². The number of ether oxygens (including phenoxy) is 2. The number of Topliss-reactive ketones (excluding diaryl/α,β-unsaturated/α-hetero) is 1. The van der Waals surface area contributed by atoms with Gasteiger partial charge in [0.15, 0.2) is 10.1 Å². The predicted octanol–water partition coefficient (Wildman–Crippen LogP) is 5.90. The summed E-state index contributed by atoms with van der Waals surface area (Å²) in [5.41, 5.74) is 8.93. The van der Waals surface area contributed by atoms with Gasteiger partial charge in [0.1, 0.15) is 17.3 Å². The van der Waals surface area contributed by atoms with Crippen LogP contribution in [-0.4, -0.2) is 41.9 Å². The molecule has 1 atom stereocenters. The van der Waals surface area contributed by atoms with Crippen LogP contribution in [0.5, 0.6) is 11.5 Å². The second kappa shape index (κ2) is 12.6. The van der Waals surface area contributed by atoms with Crippen LogP contribution in [0.1, 0.15) is 30.7 Å². The fourth-order valence-electron chi connectivity index (χ4n) is 4.93. The molecule has 0 saturated heterocycles. The van der Waals surface area contributed by atoms with Crippen molar-refractivity contribution in [2.45, 2.75) is 29.5 Å². The minimum atomic E-state index is -0.749. The number of nitrogens with one attached hydrogen (secondary N) is 1. The molecule has 216 valence electrons. The first kappa shape index (κ1) is 29.7. The number of benzene rings is 2. The zero-order valence-corrected chi connectivity index (χ0v) is 25.6. The van der Waals surface area contributed by atoms with Crippen LogP contribution >= 0.6 is 46.3 Å². The monoisotopic (exact) mass is 642 g/mol. The number of nitriles is 1. The highest BCUT2D eigenvalue weighted by Gasteiger charge is 2.42. The summed E-state index contributed by atoms with van der Waals surface area (Å²) in [6, 6.07) is 12.4. The number of thioether (sulfide) groups is 1. The Morgan fingerprint density at radius 2 is 2.05 bits per heavy atom. The molecule has 1 aromatic heterocycles. The predicted molar refractivity (Wildman–Crippen MR) is 163 cm³/mol. The molecule has 2 heterocycles. The maximum Gasteiger partial charge on any atom is 0.234 e. The topological polar surface area (TPSA) is 143 Å². The Balaban J connectivity index is 1.41. The number of carbonyl (C=O) groups is 2. The van der Waals surface area contributed by atoms with Crippen molar-refractivity contribution in [3.63, 3.8) is 0 Å². The molecule has 1 aliphatic heterocycles. The average molecular weight is 644 g/mol. The van der Waals surface area contributed by atoms with Crippen LogP contribution in [0.15, 0.2) is 63.4 Å². The lowest BCUT2D eigenvalue weighted by Crippen LogP contribution is -2.38. The molecular weight excluding hydrogens is 619 g/mol. The van der Waals surface area contributed by atoms with E-state index >= 15 is 0 Å². The van der Waals surface area contributed by atoms with Crippen molar-refractivity contribution in [1.29, 1.82) is 5.26 Å². The van der Waals surface area contributed by atoms with Gasteiger partial charge in [0.05, 0.1) is 53.3 Å². The molecule has 0 radical (unpaired) electrons. The molecule has 3 aromatic rings. The summed E-state index contributed by atoms with van der Waals surface area (Å²) >= 11 is 15.2. The van der Waals surface area contributed by atoms with Crippen LogP contribution in [-0.2, 0) is 9.59 Å². The van der Waals surface area contributed by atoms with Gasteiger partial charge in [0.25, 0.3) is 0 Å². The lowest BCUT2D eigenvalue weighted by atomic mass is 9.76. The van der Waals surface area contributed by atoms with Gasteiger partial charge in [-0.2, -0.15) is 5.26 Å². The second-order valence-corrected chi connectivity index (χ2v) is 12.2. The third kappa shape index (κ3) is 5.65. The number of allylic oxidation sites excluding steroid dienone is 3. The van der Waals surface area contributed by atoms with E-state index in [9.17, 15) is 14.9 Å². The van der Waals surface area contributed by atoms with Gasteiger partial charge in [-0.3, -0.25) is 14.5 Å². The summed E-state index contributed by atoms with van der Waals surface area (Å²) in [5.74, 6) is 0.159. The average Bonchev–Trinajstić information content (AvgIpc) is 3.45. The molecule has 0 saturated carbocycles. The molecule has 1 amide bonds. The van der Waals surface area contributed by atoms with E-state index in [1.165, 1.54) is 30.2 Å². The van der Waals surface area contributed by atoms with Gasteiger partial charge < -0.3 is 20.5 Å². The number of hydrogen-bond donors (Lipinski definition) is 2. The zero-order chi connectivity index (χ0) is 30.0. The molecule has 0 spiro atoms. The zero-order valence-electron chi connectivity index (χ0n) is 22.4. The largest absolute Gasteiger partial charge is 0.497 e. The van der Waals surface area contributed by atoms with E-state index in [0.29, 0.717) is 67.8 Å². The van der Waals surface area contributed by atoms with E-state index in [-0.39, 0.29) is 33.9 Å². The van der Waals surface area contributed by atoms with E-state index in [1.807, 2.05) is 0 Å². The van der Waals surface area contributed by atoms with Crippen molar-refractivity contribution in [3.8, 4) is 17.6 Å². The van der Waals surface area contributed by atoms with Crippen molar-refractivity contribution in [2.75, 3.05) is 30.2 Å². The normalized spacial score (nSPS) is 16.7. The van der Waals surface area contributed by atoms with E-state index < -0.39 is 5.92 Å². The smallest absolute Gasteiger partial charge is 0.234 e. The van der Waals surface area contributed by atoms with Crippen LogP contribution in [0.2, 0.25) is 10.0 Å². The lowest BCUT2D eigenvalue weighted by molar-refractivity contribution is -0.116. The van der Waals surface area contributed by atoms with Gasteiger partial charge in [0.2, 0.25) is 11.0 Å². The number of methoxy groups -OCH3 is 2. The number of nitrogens with zero attached hydrogens (tertiary/aromatic N) is 4. The first-order valence-electron chi connectivity index (χ1n) is 12.7. The molecule has 1 unspecified atom stereocenters. The summed E-state index contributed by atoms with van der Waals surface area (Å²) in [5, 5.41) is 22.5. The first-order valence-corrected chi connectivity index (χ1v) is 15.2. The number of hydrogen-bond acceptors (Lipinski definition) is 11. The summed E-state index contributed by atoms with van der Waals surface area (Å²) in [6.07, 6.45) is 1.50. The number of nitrogens with two attached hydrogens (primary N) is 1. The molecule has 42 heavy (non-hydrogen) atoms. The summed E-state index contributed by atoms with van der Waals surface area (Å²) in [4.78, 5) is 27.7. The van der Waals surface area contributed by atoms with E-state index in [4.69, 9.17) is 38.4 Å². The van der Waals surface area contributed by atoms with Gasteiger partial charge in [-0.05, 0) is 36.6 Å². The van der Waals surface area contributed by atoms with Crippen LogP contribution < -0.4 is 25.4 Å². The van der Waals surface area contributed by atoms with E-state index in [2.05, 4.69) is 21.6 Å². The standard InChI is InChI=1S/C28H24Cl2N6O4S2/c1-39-14-9-10-18(21(11-14)40-2)33-22(38)13-41-28-35-34-27(42-28)36-19-7-4-8-20(37)24(19)23(16(12-31)26(36)32)15-5-3-6-17(29)25(15)30/h3,5-6,9-11,23H,4,7-8,13,32H2,1-2H3,(H,33,38). The second-order valence-electron chi connectivity index (χ2n) is 9.21. The Bertz CT molecular complexity index is 1680. The molecule has 2 aliphatic rings. The fourth-order valence-corrected chi connectivity index (χ4v) is 7.02. The van der Waals surface area contributed by atoms with Crippen molar-refractivity contribution in [1.82, 2.24) is 10.2 Å². The van der Waals surface area contributed by atoms with Gasteiger partial charge >= 0.3 is 0 Å². The number of anilines is 2. The number of halogens is 2. The molecule has 5 rings (SSSR count). The highest BCUT2D eigenvalue weighted by atomic mass is 35.5. The maximum absolute atomic E-state index is 13.3. The Labute approximate surface area is 260 Å². The molecule has 2 aromatic carbocycles. The maximum atomic E-state index is 13.3. The minimum Gasteiger partial charge on any atom is -0.497 e. The molecule has 0 fully saturated rings.